The van der Waals surface area contributed by atoms with Crippen LogP contribution >= 0.6 is 0 Å². The monoisotopic (exact) mass is 236 g/mol. The van der Waals surface area contributed by atoms with Gasteiger partial charge >= 0.3 is 0 Å². The number of rotatable bonds is 1. The van der Waals surface area contributed by atoms with Crippen LogP contribution in [0.2, 0.25) is 0 Å². The molecule has 0 amide bonds. The van der Waals surface area contributed by atoms with E-state index < -0.39 is 0 Å². The van der Waals surface area contributed by atoms with Gasteiger partial charge in [-0.2, -0.15) is 0 Å². The second-order valence-electron chi connectivity index (χ2n) is 7.27. The Bertz CT molecular complexity index is 361. The van der Waals surface area contributed by atoms with E-state index in [2.05, 4.69) is 39.8 Å². The van der Waals surface area contributed by atoms with Crippen LogP contribution in [0.1, 0.15) is 59.8 Å². The van der Waals surface area contributed by atoms with Gasteiger partial charge in [-0.15, -0.1) is 0 Å². The first-order valence-electron chi connectivity index (χ1n) is 6.90. The Kier molecular flexibility index (Phi) is 2.18. The summed E-state index contributed by atoms with van der Waals surface area (Å²) in [4.78, 5) is 11.6. The van der Waals surface area contributed by atoms with Gasteiger partial charge in [0.05, 0.1) is 0 Å². The summed E-state index contributed by atoms with van der Waals surface area (Å²) in [6.45, 7) is 9.26. The highest BCUT2D eigenvalue weighted by molar-refractivity contribution is 5.24. The minimum atomic E-state index is -0.190. The molecule has 2 heteroatoms. The Morgan fingerprint density at radius 1 is 0.824 bits per heavy atom. The first-order valence-corrected chi connectivity index (χ1v) is 6.90. The molecule has 0 radical (unpaired) electrons. The minimum Gasteiger partial charge on any atom is -0.225 e. The highest BCUT2D eigenvalue weighted by Gasteiger charge is 2.62. The topological polar surface area (TPSA) is 18.5 Å². The van der Waals surface area contributed by atoms with Crippen LogP contribution in [0.5, 0.6) is 0 Å². The maximum atomic E-state index is 5.90. The van der Waals surface area contributed by atoms with Crippen molar-refractivity contribution in [2.45, 2.75) is 71.0 Å². The van der Waals surface area contributed by atoms with Gasteiger partial charge < -0.3 is 0 Å². The molecule has 0 N–H and O–H groups in total. The van der Waals surface area contributed by atoms with Crippen molar-refractivity contribution in [3.05, 3.63) is 12.2 Å². The molecule has 0 aromatic rings. The predicted octanol–water partition coefficient (Wildman–Crippen LogP) is 4.01. The molecule has 2 bridgehead atoms. The summed E-state index contributed by atoms with van der Waals surface area (Å²) < 4.78 is 0. The standard InChI is InChI=1S/C15H24O2/c1-12(2)6-5-7-14(12,4)15-10-8-13(3,9-11-15)16-17-15/h8,10H,5-7,9,11H2,1-4H3/t13-,14+,15+/m0/s1. The zero-order valence-corrected chi connectivity index (χ0v) is 11.5. The van der Waals surface area contributed by atoms with Crippen molar-refractivity contribution in [2.24, 2.45) is 10.8 Å². The van der Waals surface area contributed by atoms with Gasteiger partial charge in [0, 0.05) is 5.41 Å². The summed E-state index contributed by atoms with van der Waals surface area (Å²) in [5.74, 6) is 0. The first-order chi connectivity index (χ1) is 7.83. The summed E-state index contributed by atoms with van der Waals surface area (Å²) in [5.41, 5.74) is 0.148. The fourth-order valence-electron chi connectivity index (χ4n) is 4.05. The lowest BCUT2D eigenvalue weighted by Gasteiger charge is -2.57. The van der Waals surface area contributed by atoms with Crippen LogP contribution in [0.15, 0.2) is 12.2 Å². The molecule has 4 aliphatic rings. The van der Waals surface area contributed by atoms with E-state index in [9.17, 15) is 0 Å². The van der Waals surface area contributed by atoms with Crippen molar-refractivity contribution in [3.8, 4) is 0 Å². The van der Waals surface area contributed by atoms with E-state index in [4.69, 9.17) is 9.78 Å². The third-order valence-electron chi connectivity index (χ3n) is 5.98. The van der Waals surface area contributed by atoms with Gasteiger partial charge in [0.1, 0.15) is 11.2 Å². The van der Waals surface area contributed by atoms with Gasteiger partial charge in [-0.25, -0.2) is 9.78 Å². The maximum Gasteiger partial charge on any atom is 0.128 e. The van der Waals surface area contributed by atoms with Crippen molar-refractivity contribution in [1.82, 2.24) is 0 Å². The van der Waals surface area contributed by atoms with Crippen LogP contribution in [-0.2, 0) is 9.78 Å². The highest BCUT2D eigenvalue weighted by Crippen LogP contribution is 2.63. The molecular formula is C15H24O2. The van der Waals surface area contributed by atoms with Crippen LogP contribution in [-0.4, -0.2) is 11.2 Å². The second-order valence-corrected chi connectivity index (χ2v) is 7.27. The molecule has 0 spiro atoms. The molecule has 2 heterocycles. The molecule has 1 saturated heterocycles. The number of fused-ring (bicyclic) bond motifs is 2. The lowest BCUT2D eigenvalue weighted by molar-refractivity contribution is -0.447. The Labute approximate surface area is 104 Å². The average Bonchev–Trinajstić information content (AvgIpc) is 2.56. The number of hydrogen-bond acceptors (Lipinski definition) is 2. The van der Waals surface area contributed by atoms with Crippen molar-refractivity contribution in [1.29, 1.82) is 0 Å². The van der Waals surface area contributed by atoms with Gasteiger partial charge in [-0.3, -0.25) is 0 Å². The Hall–Kier alpha value is -0.340. The second kappa shape index (κ2) is 3.16. The molecule has 2 fully saturated rings. The SMILES string of the molecule is CC1(C)CCC[C@@]1(C)[C@@]12C=C[C@@](C)(CC1)OO2. The van der Waals surface area contributed by atoms with Crippen molar-refractivity contribution < 1.29 is 9.78 Å². The quantitative estimate of drug-likeness (QED) is 0.506. The summed E-state index contributed by atoms with van der Waals surface area (Å²) in [6, 6.07) is 0. The van der Waals surface area contributed by atoms with Gasteiger partial charge in [-0.05, 0) is 38.0 Å². The fourth-order valence-corrected chi connectivity index (χ4v) is 4.05. The molecule has 2 aliphatic heterocycles. The van der Waals surface area contributed by atoms with E-state index in [0.29, 0.717) is 5.41 Å². The minimum absolute atomic E-state index is 0.180. The number of hydrogen-bond donors (Lipinski definition) is 0. The van der Waals surface area contributed by atoms with Crippen molar-refractivity contribution in [2.75, 3.05) is 0 Å². The summed E-state index contributed by atoms with van der Waals surface area (Å²) in [5, 5.41) is 0. The zero-order valence-electron chi connectivity index (χ0n) is 11.5. The molecule has 0 aromatic heterocycles. The molecule has 3 atom stereocenters. The summed E-state index contributed by atoms with van der Waals surface area (Å²) in [7, 11) is 0. The van der Waals surface area contributed by atoms with E-state index >= 15 is 0 Å². The normalized spacial score (nSPS) is 52.0. The average molecular weight is 236 g/mol. The molecule has 2 nitrogen and oxygen atoms in total. The lowest BCUT2D eigenvalue weighted by atomic mass is 9.56. The molecule has 96 valence electrons. The van der Waals surface area contributed by atoms with Gasteiger partial charge in [0.25, 0.3) is 0 Å². The van der Waals surface area contributed by atoms with E-state index in [1.54, 1.807) is 0 Å². The summed E-state index contributed by atoms with van der Waals surface area (Å²) >= 11 is 0. The van der Waals surface area contributed by atoms with Crippen LogP contribution < -0.4 is 0 Å². The van der Waals surface area contributed by atoms with E-state index in [1.807, 2.05) is 0 Å². The molecular weight excluding hydrogens is 212 g/mol. The summed E-state index contributed by atoms with van der Waals surface area (Å²) in [6.07, 6.45) is 10.5. The Morgan fingerprint density at radius 2 is 1.59 bits per heavy atom. The zero-order chi connectivity index (χ0) is 12.4. The first kappa shape index (κ1) is 11.7. The Morgan fingerprint density at radius 3 is 2.00 bits per heavy atom. The third kappa shape index (κ3) is 1.34. The lowest BCUT2D eigenvalue weighted by Crippen LogP contribution is -2.59. The Balaban J connectivity index is 2.02. The maximum absolute atomic E-state index is 5.90. The van der Waals surface area contributed by atoms with E-state index in [-0.39, 0.29) is 16.6 Å². The third-order valence-corrected chi connectivity index (χ3v) is 5.98. The van der Waals surface area contributed by atoms with Gasteiger partial charge in [-0.1, -0.05) is 39.3 Å². The van der Waals surface area contributed by atoms with Crippen LogP contribution in [0.4, 0.5) is 0 Å². The van der Waals surface area contributed by atoms with Crippen LogP contribution in [0.3, 0.4) is 0 Å². The van der Waals surface area contributed by atoms with Crippen LogP contribution in [0.25, 0.3) is 0 Å². The van der Waals surface area contributed by atoms with Gasteiger partial charge in [0.2, 0.25) is 0 Å². The predicted molar refractivity (Wildman–Crippen MR) is 67.4 cm³/mol. The molecule has 1 saturated carbocycles. The van der Waals surface area contributed by atoms with E-state index in [0.717, 1.165) is 12.8 Å². The van der Waals surface area contributed by atoms with Crippen molar-refractivity contribution >= 4 is 0 Å². The molecule has 17 heavy (non-hydrogen) atoms. The molecule has 2 aliphatic carbocycles. The fraction of sp³-hybridized carbons (Fsp3) is 0.867. The molecule has 4 rings (SSSR count). The smallest absolute Gasteiger partial charge is 0.128 e. The molecule has 0 unspecified atom stereocenters. The van der Waals surface area contributed by atoms with Crippen LogP contribution in [0, 0.1) is 10.8 Å². The molecule has 0 aromatic carbocycles. The van der Waals surface area contributed by atoms with E-state index in [1.165, 1.54) is 19.3 Å². The largest absolute Gasteiger partial charge is 0.225 e. The highest BCUT2D eigenvalue weighted by atomic mass is 17.2. The van der Waals surface area contributed by atoms with Gasteiger partial charge in [0.15, 0.2) is 0 Å². The van der Waals surface area contributed by atoms with Crippen molar-refractivity contribution in [3.63, 3.8) is 0 Å².